The molecule has 0 aromatic carbocycles. The number of hydrogen-bond acceptors (Lipinski definition) is 2. The quantitative estimate of drug-likeness (QED) is 0.597. The van der Waals surface area contributed by atoms with Gasteiger partial charge in [0.15, 0.2) is 0 Å². The SMILES string of the molecule is CC(C)[S+](N)CCC#N. The third-order valence-corrected chi connectivity index (χ3v) is 2.94. The molecule has 0 saturated carbocycles. The van der Waals surface area contributed by atoms with Gasteiger partial charge in [0.2, 0.25) is 0 Å². The van der Waals surface area contributed by atoms with Crippen LogP contribution in [-0.2, 0) is 11.1 Å². The van der Waals surface area contributed by atoms with Gasteiger partial charge in [-0.3, -0.25) is 0 Å². The fraction of sp³-hybridized carbons (Fsp3) is 0.833. The number of hydrogen-bond donors (Lipinski definition) is 1. The van der Waals surface area contributed by atoms with Crippen LogP contribution in [0.1, 0.15) is 20.3 Å². The monoisotopic (exact) mass is 145 g/mol. The zero-order chi connectivity index (χ0) is 7.28. The highest BCUT2D eigenvalue weighted by atomic mass is 32.2. The smallest absolute Gasteiger partial charge is 0.140 e. The summed E-state index contributed by atoms with van der Waals surface area (Å²) in [7, 11) is 0. The van der Waals surface area contributed by atoms with Crippen molar-refractivity contribution < 1.29 is 0 Å². The molecule has 0 saturated heterocycles. The molecule has 0 spiro atoms. The maximum atomic E-state index is 8.20. The Morgan fingerprint density at radius 2 is 2.22 bits per heavy atom. The van der Waals surface area contributed by atoms with Crippen LogP contribution in [0.2, 0.25) is 0 Å². The van der Waals surface area contributed by atoms with Crippen molar-refractivity contribution in [2.75, 3.05) is 5.75 Å². The van der Waals surface area contributed by atoms with Crippen LogP contribution < -0.4 is 5.14 Å². The molecule has 0 fully saturated rings. The van der Waals surface area contributed by atoms with Crippen LogP contribution in [0.3, 0.4) is 0 Å². The molecule has 0 aromatic heterocycles. The Hall–Kier alpha value is -0.200. The van der Waals surface area contributed by atoms with Crippen molar-refractivity contribution in [3.05, 3.63) is 0 Å². The van der Waals surface area contributed by atoms with Crippen LogP contribution in [0.25, 0.3) is 0 Å². The van der Waals surface area contributed by atoms with E-state index in [2.05, 4.69) is 19.9 Å². The van der Waals surface area contributed by atoms with Crippen LogP contribution in [-0.4, -0.2) is 11.0 Å². The minimum absolute atomic E-state index is 0.0441. The minimum Gasteiger partial charge on any atom is -0.198 e. The van der Waals surface area contributed by atoms with Gasteiger partial charge in [-0.15, -0.1) is 0 Å². The van der Waals surface area contributed by atoms with Gasteiger partial charge in [0.05, 0.1) is 23.6 Å². The lowest BCUT2D eigenvalue weighted by Gasteiger charge is -2.01. The first-order valence-corrected chi connectivity index (χ1v) is 4.51. The molecule has 0 heterocycles. The van der Waals surface area contributed by atoms with Gasteiger partial charge in [-0.2, -0.15) is 10.4 Å². The van der Waals surface area contributed by atoms with Gasteiger partial charge in [-0.25, -0.2) is 0 Å². The molecule has 1 unspecified atom stereocenters. The highest BCUT2D eigenvalue weighted by molar-refractivity contribution is 7.95. The Kier molecular flexibility index (Phi) is 4.55. The lowest BCUT2D eigenvalue weighted by Crippen LogP contribution is -2.26. The molecule has 0 aliphatic carbocycles. The molecule has 0 amide bonds. The Balaban J connectivity index is 3.29. The van der Waals surface area contributed by atoms with Gasteiger partial charge < -0.3 is 0 Å². The molecule has 0 rings (SSSR count). The summed E-state index contributed by atoms with van der Waals surface area (Å²) in [6, 6.07) is 2.08. The van der Waals surface area contributed by atoms with Crippen molar-refractivity contribution in [2.45, 2.75) is 25.5 Å². The average molecular weight is 145 g/mol. The molecular formula is C6H13N2S+. The lowest BCUT2D eigenvalue weighted by atomic mass is 10.5. The summed E-state index contributed by atoms with van der Waals surface area (Å²) in [5, 5.41) is 14.4. The van der Waals surface area contributed by atoms with E-state index < -0.39 is 0 Å². The third kappa shape index (κ3) is 4.31. The summed E-state index contributed by atoms with van der Waals surface area (Å²) in [6.45, 7) is 4.17. The average Bonchev–Trinajstić information content (AvgIpc) is 1.82. The first kappa shape index (κ1) is 8.80. The maximum absolute atomic E-state index is 8.20. The van der Waals surface area contributed by atoms with E-state index in [9.17, 15) is 0 Å². The summed E-state index contributed by atoms with van der Waals surface area (Å²) >= 11 is -0.0441. The fourth-order valence-electron chi connectivity index (χ4n) is 0.399. The summed E-state index contributed by atoms with van der Waals surface area (Å²) in [5.41, 5.74) is 0. The highest BCUT2D eigenvalue weighted by Crippen LogP contribution is 1.98. The van der Waals surface area contributed by atoms with Crippen molar-refractivity contribution in [3.8, 4) is 6.07 Å². The molecule has 3 heteroatoms. The van der Waals surface area contributed by atoms with Crippen LogP contribution >= 0.6 is 0 Å². The van der Waals surface area contributed by atoms with Gasteiger partial charge in [-0.1, -0.05) is 0 Å². The molecule has 0 radical (unpaired) electrons. The zero-order valence-electron chi connectivity index (χ0n) is 5.92. The molecule has 52 valence electrons. The minimum atomic E-state index is -0.0441. The zero-order valence-corrected chi connectivity index (χ0v) is 6.74. The summed E-state index contributed by atoms with van der Waals surface area (Å²) in [5.74, 6) is 0.855. The third-order valence-electron chi connectivity index (χ3n) is 1.06. The van der Waals surface area contributed by atoms with E-state index >= 15 is 0 Å². The van der Waals surface area contributed by atoms with Crippen molar-refractivity contribution in [1.82, 2.24) is 0 Å². The Morgan fingerprint density at radius 3 is 2.56 bits per heavy atom. The van der Waals surface area contributed by atoms with E-state index in [1.165, 1.54) is 0 Å². The van der Waals surface area contributed by atoms with Crippen molar-refractivity contribution in [1.29, 1.82) is 5.26 Å². The van der Waals surface area contributed by atoms with Crippen LogP contribution in [0.15, 0.2) is 0 Å². The normalized spacial score (nSPS) is 13.2. The second-order valence-electron chi connectivity index (χ2n) is 2.13. The van der Waals surface area contributed by atoms with Gasteiger partial charge in [0, 0.05) is 0 Å². The van der Waals surface area contributed by atoms with Crippen molar-refractivity contribution in [3.63, 3.8) is 0 Å². The van der Waals surface area contributed by atoms with E-state index in [4.69, 9.17) is 10.4 Å². The summed E-state index contributed by atoms with van der Waals surface area (Å²) in [4.78, 5) is 0. The number of nitriles is 1. The standard InChI is InChI=1S/C6H13N2S/c1-6(2)9(8)5-3-4-7/h6H,3,5,8H2,1-2H3/q+1. The van der Waals surface area contributed by atoms with E-state index in [-0.39, 0.29) is 11.1 Å². The molecule has 9 heavy (non-hydrogen) atoms. The van der Waals surface area contributed by atoms with Crippen molar-refractivity contribution >= 4 is 11.1 Å². The number of rotatable bonds is 3. The van der Waals surface area contributed by atoms with Crippen LogP contribution in [0.4, 0.5) is 0 Å². The van der Waals surface area contributed by atoms with E-state index in [1.807, 2.05) is 0 Å². The number of nitrogens with two attached hydrogens (primary N) is 1. The largest absolute Gasteiger partial charge is 0.198 e. The number of nitrogens with zero attached hydrogens (tertiary/aromatic N) is 1. The molecule has 0 aliphatic heterocycles. The molecule has 0 bridgehead atoms. The Labute approximate surface area is 59.5 Å². The second-order valence-corrected chi connectivity index (χ2v) is 4.42. The van der Waals surface area contributed by atoms with E-state index in [0.29, 0.717) is 11.7 Å². The van der Waals surface area contributed by atoms with Gasteiger partial charge >= 0.3 is 0 Å². The predicted octanol–water partition coefficient (Wildman–Crippen LogP) is 0.800. The lowest BCUT2D eigenvalue weighted by molar-refractivity contribution is 1.08. The molecule has 0 aromatic rings. The van der Waals surface area contributed by atoms with E-state index in [1.54, 1.807) is 0 Å². The van der Waals surface area contributed by atoms with Gasteiger partial charge in [0.25, 0.3) is 0 Å². The highest BCUT2D eigenvalue weighted by Gasteiger charge is 2.15. The van der Waals surface area contributed by atoms with E-state index in [0.717, 1.165) is 5.75 Å². The first-order valence-electron chi connectivity index (χ1n) is 2.99. The molecule has 2 N–H and O–H groups in total. The van der Waals surface area contributed by atoms with Crippen LogP contribution in [0, 0.1) is 11.3 Å². The summed E-state index contributed by atoms with van der Waals surface area (Å²) in [6.07, 6.45) is 0.595. The first-order chi connectivity index (χ1) is 4.18. The van der Waals surface area contributed by atoms with Gasteiger partial charge in [-0.05, 0) is 13.8 Å². The second kappa shape index (κ2) is 4.66. The summed E-state index contributed by atoms with van der Waals surface area (Å²) < 4.78 is 0. The molecule has 1 atom stereocenters. The Bertz CT molecular complexity index is 106. The van der Waals surface area contributed by atoms with Crippen LogP contribution in [0.5, 0.6) is 0 Å². The topological polar surface area (TPSA) is 49.8 Å². The Morgan fingerprint density at radius 1 is 1.67 bits per heavy atom. The molecule has 2 nitrogen and oxygen atoms in total. The molecular weight excluding hydrogens is 132 g/mol. The van der Waals surface area contributed by atoms with Gasteiger partial charge in [0.1, 0.15) is 11.0 Å². The maximum Gasteiger partial charge on any atom is 0.140 e. The molecule has 0 aliphatic rings. The van der Waals surface area contributed by atoms with Crippen molar-refractivity contribution in [2.24, 2.45) is 5.14 Å². The fourth-order valence-corrected chi connectivity index (χ4v) is 1.20. The predicted molar refractivity (Wildman–Crippen MR) is 41.8 cm³/mol.